The minimum absolute atomic E-state index is 0.0319. The normalized spacial score (nSPS) is 14.0. The molecule has 0 aromatic carbocycles. The summed E-state index contributed by atoms with van der Waals surface area (Å²) in [7, 11) is 5.60. The van der Waals surface area contributed by atoms with Crippen LogP contribution in [-0.2, 0) is 0 Å². The van der Waals surface area contributed by atoms with E-state index in [9.17, 15) is 0 Å². The van der Waals surface area contributed by atoms with Gasteiger partial charge < -0.3 is 10.2 Å². The molecule has 0 aliphatic carbocycles. The minimum Gasteiger partial charge on any atom is -0.396 e. The molecule has 0 aromatic rings. The first-order valence-corrected chi connectivity index (χ1v) is 3.71. The van der Waals surface area contributed by atoms with Crippen LogP contribution in [0.15, 0.2) is 0 Å². The molecule has 0 aliphatic rings. The molecule has 0 unspecified atom stereocenters. The number of rotatable bonds is 5. The second-order valence-electron chi connectivity index (χ2n) is 2.64. The molecule has 2 radical (unpaired) electrons. The zero-order valence-electron chi connectivity index (χ0n) is 6.45. The van der Waals surface area contributed by atoms with Crippen LogP contribution in [0.1, 0.15) is 19.8 Å². The Kier molecular flexibility index (Phi) is 5.74. The predicted octanol–water partition coefficient (Wildman–Crippen LogP) is 0.344. The Morgan fingerprint density at radius 3 is 2.10 bits per heavy atom. The van der Waals surface area contributed by atoms with E-state index in [2.05, 4.69) is 0 Å². The molecule has 1 atom stereocenters. The van der Waals surface area contributed by atoms with Crippen LogP contribution in [0.25, 0.3) is 0 Å². The molecule has 0 aliphatic heterocycles. The highest BCUT2D eigenvalue weighted by molar-refractivity contribution is 6.11. The summed E-state index contributed by atoms with van der Waals surface area (Å²) in [5.74, 6) is 0.0826. The Morgan fingerprint density at radius 1 is 1.30 bits per heavy atom. The van der Waals surface area contributed by atoms with Crippen LogP contribution in [0.4, 0.5) is 0 Å². The number of hydrogen-bond acceptors (Lipinski definition) is 2. The highest BCUT2D eigenvalue weighted by Gasteiger charge is 2.08. The maximum Gasteiger partial charge on any atom is 0.0699 e. The van der Waals surface area contributed by atoms with Crippen molar-refractivity contribution >= 4 is 7.85 Å². The SMILES string of the molecule is [B][C@@H](CC)CC(CO)CO. The van der Waals surface area contributed by atoms with E-state index in [-0.39, 0.29) is 24.9 Å². The molecule has 0 bridgehead atoms. The van der Waals surface area contributed by atoms with Gasteiger partial charge in [0.15, 0.2) is 0 Å². The summed E-state index contributed by atoms with van der Waals surface area (Å²) in [5, 5.41) is 17.3. The fraction of sp³-hybridized carbons (Fsp3) is 1.00. The molecule has 0 aromatic heterocycles. The summed E-state index contributed by atoms with van der Waals surface area (Å²) in [6, 6.07) is 0. The van der Waals surface area contributed by atoms with Gasteiger partial charge >= 0.3 is 0 Å². The monoisotopic (exact) mass is 142 g/mol. The quantitative estimate of drug-likeness (QED) is 0.543. The van der Waals surface area contributed by atoms with Crippen LogP contribution in [-0.4, -0.2) is 31.3 Å². The smallest absolute Gasteiger partial charge is 0.0699 e. The van der Waals surface area contributed by atoms with E-state index >= 15 is 0 Å². The molecule has 0 saturated carbocycles. The predicted molar refractivity (Wildman–Crippen MR) is 42.1 cm³/mol. The van der Waals surface area contributed by atoms with Crippen LogP contribution in [0, 0.1) is 5.92 Å². The Balaban J connectivity index is 3.41. The average molecular weight is 142 g/mol. The van der Waals surface area contributed by atoms with E-state index in [4.69, 9.17) is 18.1 Å². The Hall–Kier alpha value is -0.0151. The Labute approximate surface area is 63.7 Å². The van der Waals surface area contributed by atoms with Gasteiger partial charge in [-0.3, -0.25) is 0 Å². The van der Waals surface area contributed by atoms with Crippen LogP contribution in [0.2, 0.25) is 5.82 Å². The molecule has 0 amide bonds. The summed E-state index contributed by atoms with van der Waals surface area (Å²) in [5.41, 5.74) is 0. The maximum absolute atomic E-state index is 8.65. The van der Waals surface area contributed by atoms with Gasteiger partial charge in [-0.2, -0.15) is 0 Å². The third-order valence-corrected chi connectivity index (χ3v) is 1.68. The third kappa shape index (κ3) is 3.91. The van der Waals surface area contributed by atoms with Crippen LogP contribution in [0.3, 0.4) is 0 Å². The van der Waals surface area contributed by atoms with Crippen LogP contribution >= 0.6 is 0 Å². The molecular weight excluding hydrogens is 127 g/mol. The zero-order valence-corrected chi connectivity index (χ0v) is 6.45. The lowest BCUT2D eigenvalue weighted by atomic mass is 9.78. The highest BCUT2D eigenvalue weighted by Crippen LogP contribution is 2.16. The standard InChI is InChI=1S/C7H15BO2/c1-2-7(8)3-6(4-9)5-10/h6-7,9-10H,2-5H2,1H3/t7-/m0/s1. The van der Waals surface area contributed by atoms with Gasteiger partial charge in [-0.05, 0) is 0 Å². The van der Waals surface area contributed by atoms with Gasteiger partial charge in [0.1, 0.15) is 0 Å². The van der Waals surface area contributed by atoms with Crippen molar-refractivity contribution in [2.45, 2.75) is 25.6 Å². The van der Waals surface area contributed by atoms with Crippen molar-refractivity contribution < 1.29 is 10.2 Å². The zero-order chi connectivity index (χ0) is 7.98. The van der Waals surface area contributed by atoms with E-state index < -0.39 is 0 Å². The van der Waals surface area contributed by atoms with Crippen molar-refractivity contribution in [1.82, 2.24) is 0 Å². The molecule has 10 heavy (non-hydrogen) atoms. The fourth-order valence-electron chi connectivity index (χ4n) is 0.802. The number of aliphatic hydroxyl groups excluding tert-OH is 2. The lowest BCUT2D eigenvalue weighted by Gasteiger charge is -2.14. The number of aliphatic hydroxyl groups is 2. The van der Waals surface area contributed by atoms with Gasteiger partial charge in [0.25, 0.3) is 0 Å². The average Bonchev–Trinajstić information content (AvgIpc) is 1.99. The summed E-state index contributed by atoms with van der Waals surface area (Å²) in [4.78, 5) is 0. The third-order valence-electron chi connectivity index (χ3n) is 1.68. The van der Waals surface area contributed by atoms with Crippen molar-refractivity contribution in [1.29, 1.82) is 0 Å². The van der Waals surface area contributed by atoms with E-state index in [1.807, 2.05) is 6.92 Å². The Morgan fingerprint density at radius 2 is 1.80 bits per heavy atom. The molecule has 0 heterocycles. The molecule has 0 spiro atoms. The van der Waals surface area contributed by atoms with E-state index in [1.54, 1.807) is 0 Å². The second kappa shape index (κ2) is 5.75. The van der Waals surface area contributed by atoms with Gasteiger partial charge in [0, 0.05) is 19.1 Å². The largest absolute Gasteiger partial charge is 0.396 e. The summed E-state index contributed by atoms with van der Waals surface area (Å²) in [6.07, 6.45) is 1.61. The second-order valence-corrected chi connectivity index (χ2v) is 2.64. The molecule has 3 heteroatoms. The van der Waals surface area contributed by atoms with Crippen molar-refractivity contribution in [3.8, 4) is 0 Å². The lowest BCUT2D eigenvalue weighted by molar-refractivity contribution is 0.142. The summed E-state index contributed by atoms with van der Waals surface area (Å²) >= 11 is 0. The lowest BCUT2D eigenvalue weighted by Crippen LogP contribution is -2.13. The van der Waals surface area contributed by atoms with Crippen molar-refractivity contribution in [3.63, 3.8) is 0 Å². The number of hydrogen-bond donors (Lipinski definition) is 2. The van der Waals surface area contributed by atoms with Crippen LogP contribution < -0.4 is 0 Å². The highest BCUT2D eigenvalue weighted by atomic mass is 16.3. The molecule has 0 fully saturated rings. The molecule has 0 saturated heterocycles. The minimum atomic E-state index is -0.0325. The van der Waals surface area contributed by atoms with Gasteiger partial charge in [-0.15, -0.1) is 0 Å². The van der Waals surface area contributed by atoms with E-state index in [0.717, 1.165) is 6.42 Å². The van der Waals surface area contributed by atoms with Gasteiger partial charge in [-0.1, -0.05) is 25.6 Å². The van der Waals surface area contributed by atoms with Crippen LogP contribution in [0.5, 0.6) is 0 Å². The first-order chi connectivity index (χ1) is 4.74. The van der Waals surface area contributed by atoms with Crippen molar-refractivity contribution in [2.24, 2.45) is 5.92 Å². The molecule has 2 N–H and O–H groups in total. The molecule has 0 rings (SSSR count). The topological polar surface area (TPSA) is 40.5 Å². The molecule has 58 valence electrons. The fourth-order valence-corrected chi connectivity index (χ4v) is 0.802. The first-order valence-electron chi connectivity index (χ1n) is 3.71. The van der Waals surface area contributed by atoms with E-state index in [1.165, 1.54) is 0 Å². The maximum atomic E-state index is 8.65. The Bertz CT molecular complexity index is 74.0. The van der Waals surface area contributed by atoms with Gasteiger partial charge in [0.05, 0.1) is 7.85 Å². The van der Waals surface area contributed by atoms with Gasteiger partial charge in [-0.25, -0.2) is 0 Å². The summed E-state index contributed by atoms with van der Waals surface area (Å²) in [6.45, 7) is 2.06. The van der Waals surface area contributed by atoms with Crippen molar-refractivity contribution in [2.75, 3.05) is 13.2 Å². The first kappa shape index (κ1) is 9.98. The molecular formula is C7H15BO2. The molecule has 2 nitrogen and oxygen atoms in total. The van der Waals surface area contributed by atoms with Crippen molar-refractivity contribution in [3.05, 3.63) is 0 Å². The van der Waals surface area contributed by atoms with E-state index in [0.29, 0.717) is 6.42 Å². The summed E-state index contributed by atoms with van der Waals surface area (Å²) < 4.78 is 0. The van der Waals surface area contributed by atoms with Gasteiger partial charge in [0.2, 0.25) is 0 Å².